The number of carbonyl (C=O) groups is 2. The molecule has 1 aromatic heterocycles. The van der Waals surface area contributed by atoms with Gasteiger partial charge in [0, 0.05) is 19.3 Å². The van der Waals surface area contributed by atoms with Crippen LogP contribution >= 0.6 is 0 Å². The van der Waals surface area contributed by atoms with Gasteiger partial charge in [0.25, 0.3) is 0 Å². The minimum Gasteiger partial charge on any atom is -0.477 e. The number of amides is 1. The Bertz CT molecular complexity index is 606. The molecule has 0 fully saturated rings. The summed E-state index contributed by atoms with van der Waals surface area (Å²) in [6, 6.07) is 1.06. The van der Waals surface area contributed by atoms with Crippen molar-refractivity contribution in [2.75, 3.05) is 13.1 Å². The number of rotatable bonds is 7. The van der Waals surface area contributed by atoms with E-state index in [1.165, 1.54) is 10.8 Å². The van der Waals surface area contributed by atoms with Gasteiger partial charge in [-0.25, -0.2) is 17.9 Å². The van der Waals surface area contributed by atoms with E-state index in [0.29, 0.717) is 13.1 Å². The number of hydrogen-bond donors (Lipinski definition) is 3. The van der Waals surface area contributed by atoms with Crippen molar-refractivity contribution in [3.63, 3.8) is 0 Å². The molecule has 0 aliphatic carbocycles. The number of carboxylic acid groups (broad SMARTS) is 1. The summed E-state index contributed by atoms with van der Waals surface area (Å²) in [7, 11) is -3.91. The fourth-order valence-corrected chi connectivity index (χ4v) is 2.60. The van der Waals surface area contributed by atoms with E-state index < -0.39 is 28.4 Å². The SMILES string of the molecule is CCNC(=O)CNS(=O)(=O)c1cc(C(=O)O)n(CC)c1. The lowest BCUT2D eigenvalue weighted by Crippen LogP contribution is -2.36. The second-order valence-corrected chi connectivity index (χ2v) is 5.70. The Hall–Kier alpha value is -1.87. The Morgan fingerprint density at radius 2 is 2.00 bits per heavy atom. The van der Waals surface area contributed by atoms with Crippen molar-refractivity contribution >= 4 is 21.9 Å². The monoisotopic (exact) mass is 303 g/mol. The third kappa shape index (κ3) is 3.81. The molecule has 0 aliphatic heterocycles. The van der Waals surface area contributed by atoms with E-state index in [1.54, 1.807) is 13.8 Å². The van der Waals surface area contributed by atoms with Gasteiger partial charge in [0.2, 0.25) is 15.9 Å². The van der Waals surface area contributed by atoms with E-state index in [4.69, 9.17) is 5.11 Å². The van der Waals surface area contributed by atoms with Gasteiger partial charge < -0.3 is 15.0 Å². The Labute approximate surface area is 116 Å². The van der Waals surface area contributed by atoms with Crippen molar-refractivity contribution in [2.45, 2.75) is 25.3 Å². The number of carboxylic acids is 1. The largest absolute Gasteiger partial charge is 0.477 e. The van der Waals surface area contributed by atoms with Crippen LogP contribution in [0.4, 0.5) is 0 Å². The molecule has 0 spiro atoms. The number of aryl methyl sites for hydroxylation is 1. The average Bonchev–Trinajstić information content (AvgIpc) is 2.82. The van der Waals surface area contributed by atoms with Gasteiger partial charge in [0.1, 0.15) is 10.6 Å². The van der Waals surface area contributed by atoms with Gasteiger partial charge in [-0.05, 0) is 19.9 Å². The summed E-state index contributed by atoms with van der Waals surface area (Å²) in [5.41, 5.74) is -0.120. The molecule has 8 nitrogen and oxygen atoms in total. The van der Waals surface area contributed by atoms with Crippen molar-refractivity contribution in [3.05, 3.63) is 18.0 Å². The van der Waals surface area contributed by atoms with E-state index in [-0.39, 0.29) is 10.6 Å². The minimum atomic E-state index is -3.91. The maximum atomic E-state index is 11.9. The molecule has 1 aromatic rings. The minimum absolute atomic E-state index is 0.120. The zero-order valence-electron chi connectivity index (χ0n) is 11.2. The number of aromatic carboxylic acids is 1. The summed E-state index contributed by atoms with van der Waals surface area (Å²) in [6.07, 6.45) is 1.23. The third-order valence-electron chi connectivity index (χ3n) is 2.54. The van der Waals surface area contributed by atoms with Crippen LogP contribution in [0.15, 0.2) is 17.2 Å². The molecule has 0 radical (unpaired) electrons. The Morgan fingerprint density at radius 3 is 2.45 bits per heavy atom. The van der Waals surface area contributed by atoms with Crippen molar-refractivity contribution in [3.8, 4) is 0 Å². The van der Waals surface area contributed by atoms with E-state index in [1.807, 2.05) is 0 Å². The highest BCUT2D eigenvalue weighted by atomic mass is 32.2. The van der Waals surface area contributed by atoms with Gasteiger partial charge in [-0.3, -0.25) is 4.79 Å². The fourth-order valence-electron chi connectivity index (χ4n) is 1.57. The number of aromatic nitrogens is 1. The van der Waals surface area contributed by atoms with Crippen LogP contribution in [0.1, 0.15) is 24.3 Å². The third-order valence-corrected chi connectivity index (χ3v) is 3.91. The molecular weight excluding hydrogens is 286 g/mol. The predicted octanol–water partition coefficient (Wildman–Crippen LogP) is -0.379. The molecule has 112 valence electrons. The summed E-state index contributed by atoms with van der Waals surface area (Å²) in [6.45, 7) is 3.75. The molecule has 0 aromatic carbocycles. The number of likely N-dealkylation sites (N-methyl/N-ethyl adjacent to an activating group) is 1. The maximum Gasteiger partial charge on any atom is 0.352 e. The molecule has 0 aliphatic rings. The predicted molar refractivity (Wildman–Crippen MR) is 70.9 cm³/mol. The van der Waals surface area contributed by atoms with Crippen molar-refractivity contribution < 1.29 is 23.1 Å². The van der Waals surface area contributed by atoms with Crippen molar-refractivity contribution in [2.24, 2.45) is 0 Å². The summed E-state index contributed by atoms with van der Waals surface area (Å²) < 4.78 is 27.3. The van der Waals surface area contributed by atoms with Crippen LogP contribution in [-0.2, 0) is 21.4 Å². The van der Waals surface area contributed by atoms with Gasteiger partial charge in [0.05, 0.1) is 6.54 Å². The maximum absolute atomic E-state index is 11.9. The first-order valence-corrected chi connectivity index (χ1v) is 7.50. The summed E-state index contributed by atoms with van der Waals surface area (Å²) >= 11 is 0. The lowest BCUT2D eigenvalue weighted by atomic mass is 10.4. The smallest absolute Gasteiger partial charge is 0.352 e. The van der Waals surface area contributed by atoms with E-state index >= 15 is 0 Å². The van der Waals surface area contributed by atoms with Crippen molar-refractivity contribution in [1.29, 1.82) is 0 Å². The van der Waals surface area contributed by atoms with E-state index in [2.05, 4.69) is 10.0 Å². The average molecular weight is 303 g/mol. The van der Waals surface area contributed by atoms with Gasteiger partial charge in [-0.15, -0.1) is 0 Å². The van der Waals surface area contributed by atoms with Crippen LogP contribution in [0.2, 0.25) is 0 Å². The number of hydrogen-bond acceptors (Lipinski definition) is 4. The molecule has 20 heavy (non-hydrogen) atoms. The molecule has 0 unspecified atom stereocenters. The molecule has 0 saturated heterocycles. The molecule has 3 N–H and O–H groups in total. The molecule has 0 bridgehead atoms. The topological polar surface area (TPSA) is 118 Å². The number of sulfonamides is 1. The first kappa shape index (κ1) is 16.2. The Balaban J connectivity index is 2.93. The van der Waals surface area contributed by atoms with Crippen LogP contribution in [-0.4, -0.2) is 43.1 Å². The molecule has 0 atom stereocenters. The van der Waals surface area contributed by atoms with Gasteiger partial charge in [-0.1, -0.05) is 0 Å². The number of nitrogens with zero attached hydrogens (tertiary/aromatic N) is 1. The zero-order chi connectivity index (χ0) is 15.3. The first-order valence-electron chi connectivity index (χ1n) is 6.01. The van der Waals surface area contributed by atoms with Gasteiger partial charge >= 0.3 is 5.97 Å². The van der Waals surface area contributed by atoms with E-state index in [0.717, 1.165) is 6.07 Å². The van der Waals surface area contributed by atoms with Crippen LogP contribution in [0.25, 0.3) is 0 Å². The molecule has 9 heteroatoms. The number of nitrogens with one attached hydrogen (secondary N) is 2. The second-order valence-electron chi connectivity index (χ2n) is 3.93. The van der Waals surface area contributed by atoms with Crippen LogP contribution < -0.4 is 10.0 Å². The van der Waals surface area contributed by atoms with Crippen molar-refractivity contribution in [1.82, 2.24) is 14.6 Å². The standard InChI is InChI=1S/C11H17N3O5S/c1-3-12-10(15)6-13-20(18,19)8-5-9(11(16)17)14(4-2)7-8/h5,7,13H,3-4,6H2,1-2H3,(H,12,15)(H,16,17). The van der Waals surface area contributed by atoms with Crippen LogP contribution in [0.5, 0.6) is 0 Å². The Kier molecular flexibility index (Phi) is 5.28. The fraction of sp³-hybridized carbons (Fsp3) is 0.455. The van der Waals surface area contributed by atoms with Gasteiger partial charge in [0.15, 0.2) is 0 Å². The molecule has 1 heterocycles. The molecule has 1 amide bonds. The summed E-state index contributed by atoms with van der Waals surface area (Å²) in [4.78, 5) is 22.0. The lowest BCUT2D eigenvalue weighted by Gasteiger charge is -2.04. The molecule has 1 rings (SSSR count). The quantitative estimate of drug-likeness (QED) is 0.634. The summed E-state index contributed by atoms with van der Waals surface area (Å²) in [5.74, 6) is -1.67. The van der Waals surface area contributed by atoms with Crippen LogP contribution in [0, 0.1) is 0 Å². The van der Waals surface area contributed by atoms with E-state index in [9.17, 15) is 18.0 Å². The number of carbonyl (C=O) groups excluding carboxylic acids is 1. The highest BCUT2D eigenvalue weighted by Crippen LogP contribution is 2.14. The highest BCUT2D eigenvalue weighted by Gasteiger charge is 2.21. The molecular formula is C11H17N3O5S. The highest BCUT2D eigenvalue weighted by molar-refractivity contribution is 7.89. The van der Waals surface area contributed by atoms with Gasteiger partial charge in [-0.2, -0.15) is 0 Å². The zero-order valence-corrected chi connectivity index (χ0v) is 12.0. The normalized spacial score (nSPS) is 11.3. The lowest BCUT2D eigenvalue weighted by molar-refractivity contribution is -0.119. The Morgan fingerprint density at radius 1 is 1.35 bits per heavy atom. The van der Waals surface area contributed by atoms with Crippen LogP contribution in [0.3, 0.4) is 0 Å². The first-order chi connectivity index (χ1) is 9.31. The molecule has 0 saturated carbocycles. The second kappa shape index (κ2) is 6.53. The summed E-state index contributed by atoms with van der Waals surface area (Å²) in [5, 5.41) is 11.4.